The van der Waals surface area contributed by atoms with Crippen LogP contribution in [0.4, 0.5) is 18.9 Å². The SMILES string of the molecule is CN(C)C(=O)c1nn(CCC(F)(F)F)c2c1CN(C(=O)c1ccc(N3CCCCC3)cc1)CC2. The molecule has 1 aromatic heterocycles. The lowest BCUT2D eigenvalue weighted by atomic mass is 10.0. The Hall–Kier alpha value is -3.04. The van der Waals surface area contributed by atoms with E-state index in [1.807, 2.05) is 24.3 Å². The van der Waals surface area contributed by atoms with Gasteiger partial charge < -0.3 is 14.7 Å². The Kier molecular flexibility index (Phi) is 6.86. The normalized spacial score (nSPS) is 16.4. The van der Waals surface area contributed by atoms with Crippen LogP contribution in [-0.2, 0) is 19.5 Å². The molecule has 1 fully saturated rings. The molecule has 2 aromatic rings. The van der Waals surface area contributed by atoms with Crippen molar-refractivity contribution in [1.29, 1.82) is 0 Å². The van der Waals surface area contributed by atoms with E-state index in [1.54, 1.807) is 19.0 Å². The largest absolute Gasteiger partial charge is 0.390 e. The van der Waals surface area contributed by atoms with E-state index >= 15 is 0 Å². The second kappa shape index (κ2) is 9.68. The van der Waals surface area contributed by atoms with Crippen LogP contribution in [0.25, 0.3) is 0 Å². The number of amides is 2. The molecule has 2 aliphatic heterocycles. The molecule has 0 aliphatic carbocycles. The summed E-state index contributed by atoms with van der Waals surface area (Å²) < 4.78 is 39.7. The number of piperidine rings is 1. The quantitative estimate of drug-likeness (QED) is 0.659. The van der Waals surface area contributed by atoms with E-state index in [-0.39, 0.29) is 30.6 Å². The lowest BCUT2D eigenvalue weighted by Gasteiger charge is -2.30. The Morgan fingerprint density at radius 1 is 1.03 bits per heavy atom. The second-order valence-electron chi connectivity index (χ2n) is 9.13. The predicted octanol–water partition coefficient (Wildman–Crippen LogP) is 3.73. The zero-order valence-electron chi connectivity index (χ0n) is 19.6. The number of anilines is 1. The Morgan fingerprint density at radius 3 is 2.32 bits per heavy atom. The first-order valence-electron chi connectivity index (χ1n) is 11.7. The lowest BCUT2D eigenvalue weighted by molar-refractivity contribution is -0.137. The Balaban J connectivity index is 1.54. The zero-order chi connectivity index (χ0) is 24.5. The molecule has 0 N–H and O–H groups in total. The molecule has 1 saturated heterocycles. The number of hydrogen-bond donors (Lipinski definition) is 0. The molecule has 0 bridgehead atoms. The van der Waals surface area contributed by atoms with Gasteiger partial charge in [0.05, 0.1) is 13.0 Å². The second-order valence-corrected chi connectivity index (χ2v) is 9.13. The van der Waals surface area contributed by atoms with Crippen LogP contribution in [0.15, 0.2) is 24.3 Å². The molecule has 0 atom stereocenters. The van der Waals surface area contributed by atoms with Crippen molar-refractivity contribution < 1.29 is 22.8 Å². The molecule has 3 heterocycles. The minimum Gasteiger partial charge on any atom is -0.372 e. The maximum atomic E-state index is 13.2. The molecule has 184 valence electrons. The summed E-state index contributed by atoms with van der Waals surface area (Å²) in [7, 11) is 3.14. The molecule has 2 aliphatic rings. The van der Waals surface area contributed by atoms with Crippen LogP contribution in [0, 0.1) is 0 Å². The minimum absolute atomic E-state index is 0.111. The van der Waals surface area contributed by atoms with Crippen LogP contribution in [0.5, 0.6) is 0 Å². The van der Waals surface area contributed by atoms with Crippen molar-refractivity contribution in [3.8, 4) is 0 Å². The highest BCUT2D eigenvalue weighted by Crippen LogP contribution is 2.28. The molecule has 0 radical (unpaired) electrons. The van der Waals surface area contributed by atoms with Gasteiger partial charge in [0.1, 0.15) is 0 Å². The molecule has 2 amide bonds. The fourth-order valence-corrected chi connectivity index (χ4v) is 4.61. The van der Waals surface area contributed by atoms with Gasteiger partial charge in [0.25, 0.3) is 11.8 Å². The van der Waals surface area contributed by atoms with E-state index < -0.39 is 12.6 Å². The highest BCUT2D eigenvalue weighted by atomic mass is 19.4. The standard InChI is InChI=1S/C24H30F3N5O2/c1-29(2)23(34)21-19-16-31(14-10-20(19)32(28-21)15-11-24(25,26)27)22(33)17-6-8-18(9-7-17)30-12-4-3-5-13-30/h6-9H,3-5,10-16H2,1-2H3. The first kappa shape index (κ1) is 24.1. The average Bonchev–Trinajstić information content (AvgIpc) is 3.20. The van der Waals surface area contributed by atoms with Gasteiger partial charge in [-0.3, -0.25) is 14.3 Å². The van der Waals surface area contributed by atoms with E-state index in [4.69, 9.17) is 0 Å². The minimum atomic E-state index is -4.32. The number of alkyl halides is 3. The molecular formula is C24H30F3N5O2. The van der Waals surface area contributed by atoms with E-state index in [0.29, 0.717) is 29.8 Å². The van der Waals surface area contributed by atoms with Crippen molar-refractivity contribution in [3.05, 3.63) is 46.8 Å². The van der Waals surface area contributed by atoms with Crippen LogP contribution in [0.2, 0.25) is 0 Å². The zero-order valence-corrected chi connectivity index (χ0v) is 19.6. The molecule has 0 unspecified atom stereocenters. The molecule has 34 heavy (non-hydrogen) atoms. The summed E-state index contributed by atoms with van der Waals surface area (Å²) in [6.45, 7) is 2.18. The maximum absolute atomic E-state index is 13.2. The van der Waals surface area contributed by atoms with Gasteiger partial charge in [0, 0.05) is 69.2 Å². The highest BCUT2D eigenvalue weighted by Gasteiger charge is 2.33. The van der Waals surface area contributed by atoms with Crippen molar-refractivity contribution in [1.82, 2.24) is 19.6 Å². The number of fused-ring (bicyclic) bond motifs is 1. The monoisotopic (exact) mass is 477 g/mol. The van der Waals surface area contributed by atoms with E-state index in [2.05, 4.69) is 10.00 Å². The summed E-state index contributed by atoms with van der Waals surface area (Å²) in [4.78, 5) is 31.2. The molecule has 0 saturated carbocycles. The third-order valence-corrected chi connectivity index (χ3v) is 6.47. The summed E-state index contributed by atoms with van der Waals surface area (Å²) in [5.41, 5.74) is 2.89. The number of aromatic nitrogens is 2. The van der Waals surface area contributed by atoms with Gasteiger partial charge in [-0.05, 0) is 43.5 Å². The van der Waals surface area contributed by atoms with E-state index in [1.165, 1.54) is 28.8 Å². The van der Waals surface area contributed by atoms with Gasteiger partial charge in [-0.15, -0.1) is 0 Å². The number of carbonyl (C=O) groups is 2. The summed E-state index contributed by atoms with van der Waals surface area (Å²) in [5, 5.41) is 4.23. The number of carbonyl (C=O) groups excluding carboxylic acids is 2. The van der Waals surface area contributed by atoms with Crippen LogP contribution in [0.3, 0.4) is 0 Å². The van der Waals surface area contributed by atoms with Gasteiger partial charge >= 0.3 is 6.18 Å². The molecule has 0 spiro atoms. The van der Waals surface area contributed by atoms with Crippen molar-refractivity contribution in [3.63, 3.8) is 0 Å². The first-order valence-corrected chi connectivity index (χ1v) is 11.7. The van der Waals surface area contributed by atoms with Gasteiger partial charge in [0.15, 0.2) is 5.69 Å². The van der Waals surface area contributed by atoms with Gasteiger partial charge in [-0.25, -0.2) is 0 Å². The smallest absolute Gasteiger partial charge is 0.372 e. The molecule has 1 aromatic carbocycles. The molecular weight excluding hydrogens is 447 g/mol. The topological polar surface area (TPSA) is 61.7 Å². The Bertz CT molecular complexity index is 1040. The third-order valence-electron chi connectivity index (χ3n) is 6.47. The fourth-order valence-electron chi connectivity index (χ4n) is 4.61. The van der Waals surface area contributed by atoms with Crippen LogP contribution < -0.4 is 4.90 Å². The van der Waals surface area contributed by atoms with Crippen LogP contribution >= 0.6 is 0 Å². The van der Waals surface area contributed by atoms with Gasteiger partial charge in [-0.2, -0.15) is 18.3 Å². The van der Waals surface area contributed by atoms with Gasteiger partial charge in [-0.1, -0.05) is 0 Å². The number of benzene rings is 1. The third kappa shape index (κ3) is 5.20. The predicted molar refractivity (Wildman–Crippen MR) is 122 cm³/mol. The van der Waals surface area contributed by atoms with Crippen LogP contribution in [0.1, 0.15) is 57.8 Å². The number of nitrogens with zero attached hydrogens (tertiary/aromatic N) is 5. The van der Waals surface area contributed by atoms with E-state index in [9.17, 15) is 22.8 Å². The number of aryl methyl sites for hydroxylation is 1. The number of hydrogen-bond acceptors (Lipinski definition) is 4. The number of halogens is 3. The van der Waals surface area contributed by atoms with Crippen molar-refractivity contribution >= 4 is 17.5 Å². The Morgan fingerprint density at radius 2 is 1.71 bits per heavy atom. The summed E-state index contributed by atoms with van der Waals surface area (Å²) in [5.74, 6) is -0.552. The maximum Gasteiger partial charge on any atom is 0.390 e. The average molecular weight is 478 g/mol. The highest BCUT2D eigenvalue weighted by molar-refractivity contribution is 5.96. The molecule has 4 rings (SSSR count). The number of rotatable bonds is 5. The van der Waals surface area contributed by atoms with Crippen LogP contribution in [-0.4, -0.2) is 71.3 Å². The fraction of sp³-hybridized carbons (Fsp3) is 0.542. The molecule has 7 nitrogen and oxygen atoms in total. The molecule has 10 heteroatoms. The van der Waals surface area contributed by atoms with Crippen molar-refractivity contribution in [2.45, 2.75) is 51.4 Å². The summed E-state index contributed by atoms with van der Waals surface area (Å²) in [6, 6.07) is 7.56. The summed E-state index contributed by atoms with van der Waals surface area (Å²) in [6.07, 6.45) is -1.42. The summed E-state index contributed by atoms with van der Waals surface area (Å²) >= 11 is 0. The first-order chi connectivity index (χ1) is 16.1. The Labute approximate surface area is 197 Å². The lowest BCUT2D eigenvalue weighted by Crippen LogP contribution is -2.37. The van der Waals surface area contributed by atoms with Crippen molar-refractivity contribution in [2.24, 2.45) is 0 Å². The van der Waals surface area contributed by atoms with Gasteiger partial charge in [0.2, 0.25) is 0 Å². The van der Waals surface area contributed by atoms with E-state index in [0.717, 1.165) is 18.8 Å². The van der Waals surface area contributed by atoms with Crippen molar-refractivity contribution in [2.75, 3.05) is 38.6 Å².